The van der Waals surface area contributed by atoms with Gasteiger partial charge in [-0.3, -0.25) is 0 Å². The van der Waals surface area contributed by atoms with Gasteiger partial charge in [0.1, 0.15) is 5.60 Å². The summed E-state index contributed by atoms with van der Waals surface area (Å²) in [5.74, 6) is -0.448. The molecule has 2 saturated heterocycles. The number of hydrogen-bond donors (Lipinski definition) is 0. The van der Waals surface area contributed by atoms with Gasteiger partial charge < -0.3 is 18.9 Å². The van der Waals surface area contributed by atoms with E-state index < -0.39 is 5.79 Å². The van der Waals surface area contributed by atoms with E-state index in [2.05, 4.69) is 24.3 Å². The molecule has 108 valence electrons. The van der Waals surface area contributed by atoms with Crippen molar-refractivity contribution in [3.63, 3.8) is 0 Å². The zero-order valence-corrected chi connectivity index (χ0v) is 11.8. The lowest BCUT2D eigenvalue weighted by atomic mass is 9.85. The summed E-state index contributed by atoms with van der Waals surface area (Å²) in [6.45, 7) is 4.81. The SMILES string of the molecule is CC1(CCC2OCc3ccccc3C23CO3)OCCO1. The molecule has 4 nitrogen and oxygen atoms in total. The number of rotatable bonds is 3. The first-order valence-electron chi connectivity index (χ1n) is 7.34. The highest BCUT2D eigenvalue weighted by Crippen LogP contribution is 2.49. The van der Waals surface area contributed by atoms with E-state index >= 15 is 0 Å². The first kappa shape index (κ1) is 12.8. The summed E-state index contributed by atoms with van der Waals surface area (Å²) in [4.78, 5) is 0. The lowest BCUT2D eigenvalue weighted by Gasteiger charge is -2.33. The monoisotopic (exact) mass is 276 g/mol. The Bertz CT molecular complexity index is 503. The Morgan fingerprint density at radius 3 is 2.65 bits per heavy atom. The number of epoxide rings is 1. The van der Waals surface area contributed by atoms with Gasteiger partial charge in [0.25, 0.3) is 0 Å². The van der Waals surface area contributed by atoms with Gasteiger partial charge in [-0.2, -0.15) is 0 Å². The molecular weight excluding hydrogens is 256 g/mol. The van der Waals surface area contributed by atoms with E-state index in [0.29, 0.717) is 19.8 Å². The molecule has 1 aromatic carbocycles. The molecule has 0 N–H and O–H groups in total. The Hall–Kier alpha value is -0.940. The standard InChI is InChI=1S/C16H20O4/c1-15(18-8-9-19-15)7-6-14-16(11-20-16)13-5-3-2-4-12(13)10-17-14/h2-5,14H,6-11H2,1H3. The van der Waals surface area contributed by atoms with Crippen LogP contribution in [0.4, 0.5) is 0 Å². The van der Waals surface area contributed by atoms with Crippen LogP contribution in [-0.4, -0.2) is 31.7 Å². The smallest absolute Gasteiger partial charge is 0.165 e. The first-order chi connectivity index (χ1) is 9.72. The molecule has 2 atom stereocenters. The molecule has 0 amide bonds. The minimum atomic E-state index is -0.448. The number of benzene rings is 1. The van der Waals surface area contributed by atoms with Crippen molar-refractivity contribution in [1.29, 1.82) is 0 Å². The summed E-state index contributed by atoms with van der Waals surface area (Å²) in [5.41, 5.74) is 2.33. The average molecular weight is 276 g/mol. The molecule has 0 radical (unpaired) electrons. The van der Waals surface area contributed by atoms with Gasteiger partial charge in [0, 0.05) is 6.42 Å². The normalized spacial score (nSPS) is 34.1. The minimum Gasteiger partial charge on any atom is -0.370 e. The molecule has 3 heterocycles. The topological polar surface area (TPSA) is 40.2 Å². The van der Waals surface area contributed by atoms with Gasteiger partial charge in [0.05, 0.1) is 32.5 Å². The van der Waals surface area contributed by atoms with E-state index in [1.54, 1.807) is 0 Å². The van der Waals surface area contributed by atoms with E-state index in [-0.39, 0.29) is 11.7 Å². The van der Waals surface area contributed by atoms with Crippen LogP contribution in [0, 0.1) is 0 Å². The Balaban J connectivity index is 1.50. The van der Waals surface area contributed by atoms with Crippen molar-refractivity contribution in [3.8, 4) is 0 Å². The Labute approximate surface area is 119 Å². The fourth-order valence-electron chi connectivity index (χ4n) is 3.39. The predicted molar refractivity (Wildman–Crippen MR) is 72.2 cm³/mol. The van der Waals surface area contributed by atoms with Gasteiger partial charge >= 0.3 is 0 Å². The molecule has 4 rings (SSSR count). The van der Waals surface area contributed by atoms with Gasteiger partial charge in [0.15, 0.2) is 5.79 Å². The molecule has 2 fully saturated rings. The van der Waals surface area contributed by atoms with Crippen molar-refractivity contribution in [2.75, 3.05) is 19.8 Å². The summed E-state index contributed by atoms with van der Waals surface area (Å²) in [5, 5.41) is 0. The fraction of sp³-hybridized carbons (Fsp3) is 0.625. The van der Waals surface area contributed by atoms with Gasteiger partial charge in [0.2, 0.25) is 0 Å². The molecule has 3 aliphatic heterocycles. The molecule has 0 aromatic heterocycles. The van der Waals surface area contributed by atoms with Crippen molar-refractivity contribution in [1.82, 2.24) is 0 Å². The van der Waals surface area contributed by atoms with E-state index in [1.165, 1.54) is 11.1 Å². The Morgan fingerprint density at radius 2 is 1.90 bits per heavy atom. The van der Waals surface area contributed by atoms with E-state index in [0.717, 1.165) is 19.4 Å². The molecule has 1 spiro atoms. The Kier molecular flexibility index (Phi) is 2.89. The van der Waals surface area contributed by atoms with Gasteiger partial charge in [-0.25, -0.2) is 0 Å². The maximum absolute atomic E-state index is 6.05. The molecule has 0 saturated carbocycles. The number of ether oxygens (including phenoxy) is 4. The third-order valence-electron chi connectivity index (χ3n) is 4.65. The molecule has 0 bridgehead atoms. The zero-order valence-electron chi connectivity index (χ0n) is 11.8. The van der Waals surface area contributed by atoms with Gasteiger partial charge in [-0.15, -0.1) is 0 Å². The van der Waals surface area contributed by atoms with Crippen LogP contribution >= 0.6 is 0 Å². The second-order valence-corrected chi connectivity index (χ2v) is 6.00. The molecule has 4 heteroatoms. The van der Waals surface area contributed by atoms with E-state index in [4.69, 9.17) is 18.9 Å². The van der Waals surface area contributed by atoms with Crippen LogP contribution in [0.1, 0.15) is 30.9 Å². The summed E-state index contributed by atoms with van der Waals surface area (Å²) < 4.78 is 23.2. The second-order valence-electron chi connectivity index (χ2n) is 6.00. The van der Waals surface area contributed by atoms with Crippen LogP contribution in [0.25, 0.3) is 0 Å². The van der Waals surface area contributed by atoms with Crippen molar-refractivity contribution in [3.05, 3.63) is 35.4 Å². The summed E-state index contributed by atoms with van der Waals surface area (Å²) in [7, 11) is 0. The lowest BCUT2D eigenvalue weighted by Crippen LogP contribution is -2.38. The van der Waals surface area contributed by atoms with Crippen LogP contribution in [0.3, 0.4) is 0 Å². The van der Waals surface area contributed by atoms with Gasteiger partial charge in [-0.05, 0) is 24.5 Å². The van der Waals surface area contributed by atoms with Crippen LogP contribution in [0.15, 0.2) is 24.3 Å². The van der Waals surface area contributed by atoms with Crippen LogP contribution in [0.5, 0.6) is 0 Å². The zero-order chi connectivity index (χ0) is 13.6. The average Bonchev–Trinajstić information content (AvgIpc) is 3.14. The van der Waals surface area contributed by atoms with Crippen molar-refractivity contribution in [2.24, 2.45) is 0 Å². The molecule has 2 unspecified atom stereocenters. The van der Waals surface area contributed by atoms with Crippen LogP contribution in [0.2, 0.25) is 0 Å². The number of hydrogen-bond acceptors (Lipinski definition) is 4. The molecule has 0 aliphatic carbocycles. The van der Waals surface area contributed by atoms with Crippen LogP contribution in [-0.2, 0) is 31.2 Å². The molecule has 1 aromatic rings. The highest BCUT2D eigenvalue weighted by atomic mass is 16.7. The molecular formula is C16H20O4. The highest BCUT2D eigenvalue weighted by molar-refractivity contribution is 5.38. The summed E-state index contributed by atoms with van der Waals surface area (Å²) in [6.07, 6.45) is 1.83. The highest BCUT2D eigenvalue weighted by Gasteiger charge is 2.56. The first-order valence-corrected chi connectivity index (χ1v) is 7.34. The van der Waals surface area contributed by atoms with E-state index in [1.807, 2.05) is 6.92 Å². The minimum absolute atomic E-state index is 0.0991. The lowest BCUT2D eigenvalue weighted by molar-refractivity contribution is -0.156. The van der Waals surface area contributed by atoms with Crippen LogP contribution < -0.4 is 0 Å². The molecule has 3 aliphatic rings. The number of fused-ring (bicyclic) bond motifs is 2. The maximum Gasteiger partial charge on any atom is 0.165 e. The van der Waals surface area contributed by atoms with Crippen molar-refractivity contribution in [2.45, 2.75) is 43.9 Å². The quantitative estimate of drug-likeness (QED) is 0.795. The maximum atomic E-state index is 6.05. The third kappa shape index (κ3) is 1.99. The predicted octanol–water partition coefficient (Wildman–Crippen LogP) is 2.35. The van der Waals surface area contributed by atoms with E-state index in [9.17, 15) is 0 Å². The molecule has 20 heavy (non-hydrogen) atoms. The van der Waals surface area contributed by atoms with Crippen molar-refractivity contribution >= 4 is 0 Å². The largest absolute Gasteiger partial charge is 0.370 e. The van der Waals surface area contributed by atoms with Gasteiger partial charge in [-0.1, -0.05) is 24.3 Å². The third-order valence-corrected chi connectivity index (χ3v) is 4.65. The Morgan fingerprint density at radius 1 is 1.15 bits per heavy atom. The second kappa shape index (κ2) is 4.53. The summed E-state index contributed by atoms with van der Waals surface area (Å²) in [6, 6.07) is 8.43. The summed E-state index contributed by atoms with van der Waals surface area (Å²) >= 11 is 0. The fourth-order valence-corrected chi connectivity index (χ4v) is 3.39. The van der Waals surface area contributed by atoms with Crippen molar-refractivity contribution < 1.29 is 18.9 Å².